The second-order valence-electron chi connectivity index (χ2n) is 6.80. The summed E-state index contributed by atoms with van der Waals surface area (Å²) < 4.78 is 12.6. The molecule has 172 valence electrons. The number of nitrogens with one attached hydrogen (secondary N) is 2. The summed E-state index contributed by atoms with van der Waals surface area (Å²) in [4.78, 5) is 4.72. The lowest BCUT2D eigenvalue weighted by molar-refractivity contribution is 0.145. The molecule has 0 spiro atoms. The minimum absolute atomic E-state index is 0. The summed E-state index contributed by atoms with van der Waals surface area (Å²) in [5.74, 6) is 2.36. The highest BCUT2D eigenvalue weighted by atomic mass is 127. The van der Waals surface area contributed by atoms with Crippen LogP contribution < -0.4 is 15.4 Å². The smallest absolute Gasteiger partial charge is 0.191 e. The topological polar surface area (TPSA) is 85.6 Å². The largest absolute Gasteiger partial charge is 0.497 e. The summed E-state index contributed by atoms with van der Waals surface area (Å²) in [6.07, 6.45) is 2.62. The summed E-state index contributed by atoms with van der Waals surface area (Å²) in [7, 11) is 1.66. The monoisotopic (exact) mass is 550 g/mol. The van der Waals surface area contributed by atoms with Crippen LogP contribution in [0.15, 0.2) is 65.9 Å². The van der Waals surface area contributed by atoms with Gasteiger partial charge in [-0.3, -0.25) is 4.57 Å². The van der Waals surface area contributed by atoms with Crippen molar-refractivity contribution < 1.29 is 9.47 Å². The Hall–Kier alpha value is -2.66. The molecule has 1 aromatic heterocycles. The summed E-state index contributed by atoms with van der Waals surface area (Å²) in [5, 5.41) is 15.1. The maximum Gasteiger partial charge on any atom is 0.191 e. The third-order valence-electron chi connectivity index (χ3n) is 4.61. The van der Waals surface area contributed by atoms with Gasteiger partial charge in [-0.1, -0.05) is 30.3 Å². The molecule has 0 aliphatic carbocycles. The Labute approximate surface area is 206 Å². The highest BCUT2D eigenvalue weighted by molar-refractivity contribution is 14.0. The minimum atomic E-state index is 0. The van der Waals surface area contributed by atoms with Crippen molar-refractivity contribution in [2.75, 3.05) is 26.9 Å². The number of aliphatic imine (C=N–C) groups is 1. The summed E-state index contributed by atoms with van der Waals surface area (Å²) >= 11 is 0. The maximum absolute atomic E-state index is 5.42. The Morgan fingerprint density at radius 3 is 2.56 bits per heavy atom. The molecular formula is C23H31IN6O2. The highest BCUT2D eigenvalue weighted by Crippen LogP contribution is 2.12. The highest BCUT2D eigenvalue weighted by Gasteiger charge is 2.07. The number of halogens is 1. The van der Waals surface area contributed by atoms with Crippen molar-refractivity contribution in [3.05, 3.63) is 72.3 Å². The fraction of sp³-hybridized carbons (Fsp3) is 0.348. The van der Waals surface area contributed by atoms with Gasteiger partial charge in [-0.2, -0.15) is 0 Å². The van der Waals surface area contributed by atoms with Gasteiger partial charge in [0.15, 0.2) is 11.8 Å². The average molecular weight is 550 g/mol. The van der Waals surface area contributed by atoms with Crippen LogP contribution in [0.25, 0.3) is 5.69 Å². The zero-order valence-electron chi connectivity index (χ0n) is 18.5. The van der Waals surface area contributed by atoms with E-state index >= 15 is 0 Å². The van der Waals surface area contributed by atoms with E-state index in [4.69, 9.17) is 14.5 Å². The number of rotatable bonds is 11. The van der Waals surface area contributed by atoms with E-state index in [1.54, 1.807) is 13.4 Å². The number of hydrogen-bond acceptors (Lipinski definition) is 5. The molecule has 0 aliphatic heterocycles. The Morgan fingerprint density at radius 2 is 1.84 bits per heavy atom. The third kappa shape index (κ3) is 8.12. The molecule has 8 nitrogen and oxygen atoms in total. The number of ether oxygens (including phenoxy) is 2. The van der Waals surface area contributed by atoms with Gasteiger partial charge < -0.3 is 20.1 Å². The van der Waals surface area contributed by atoms with Crippen LogP contribution in [0.3, 0.4) is 0 Å². The van der Waals surface area contributed by atoms with Gasteiger partial charge in [0.1, 0.15) is 12.1 Å². The molecule has 1 heterocycles. The van der Waals surface area contributed by atoms with E-state index in [0.717, 1.165) is 55.0 Å². The molecule has 0 amide bonds. The van der Waals surface area contributed by atoms with Crippen molar-refractivity contribution in [2.45, 2.75) is 26.4 Å². The van der Waals surface area contributed by atoms with Crippen molar-refractivity contribution >= 4 is 29.9 Å². The van der Waals surface area contributed by atoms with E-state index in [1.165, 1.54) is 0 Å². The molecule has 32 heavy (non-hydrogen) atoms. The first-order valence-corrected chi connectivity index (χ1v) is 10.5. The lowest BCUT2D eigenvalue weighted by Gasteiger charge is -2.13. The number of hydrogen-bond donors (Lipinski definition) is 2. The van der Waals surface area contributed by atoms with Gasteiger partial charge in [0.25, 0.3) is 0 Å². The van der Waals surface area contributed by atoms with E-state index < -0.39 is 0 Å². The molecule has 0 saturated carbocycles. The van der Waals surface area contributed by atoms with Crippen LogP contribution in [0.5, 0.6) is 5.75 Å². The van der Waals surface area contributed by atoms with Crippen LogP contribution in [0.1, 0.15) is 24.7 Å². The first-order chi connectivity index (χ1) is 15.3. The maximum atomic E-state index is 5.42. The van der Waals surface area contributed by atoms with Crippen molar-refractivity contribution in [1.29, 1.82) is 0 Å². The average Bonchev–Trinajstić information content (AvgIpc) is 3.30. The van der Waals surface area contributed by atoms with E-state index in [9.17, 15) is 0 Å². The Balaban J connectivity index is 0.00000363. The molecule has 0 fully saturated rings. The standard InChI is InChI=1S/C23H30N6O2.HI/c1-3-31-15-7-14-24-23(25-16-19-10-12-21(30-2)13-11-19)26-17-22-28-27-18-29(22)20-8-5-4-6-9-20;/h4-6,8-13,18H,3,7,14-17H2,1-2H3,(H2,24,25,26);1H. The van der Waals surface area contributed by atoms with Crippen LogP contribution in [0.2, 0.25) is 0 Å². The molecule has 0 atom stereocenters. The van der Waals surface area contributed by atoms with Gasteiger partial charge in [0.05, 0.1) is 20.2 Å². The van der Waals surface area contributed by atoms with Crippen LogP contribution in [0, 0.1) is 0 Å². The number of guanidine groups is 1. The molecule has 0 bridgehead atoms. The molecular weight excluding hydrogens is 519 g/mol. The normalized spacial score (nSPS) is 11.0. The number of aromatic nitrogens is 3. The second-order valence-corrected chi connectivity index (χ2v) is 6.80. The van der Waals surface area contributed by atoms with Gasteiger partial charge in [0.2, 0.25) is 0 Å². The van der Waals surface area contributed by atoms with Crippen molar-refractivity contribution in [3.8, 4) is 11.4 Å². The van der Waals surface area contributed by atoms with Gasteiger partial charge >= 0.3 is 0 Å². The lowest BCUT2D eigenvalue weighted by Crippen LogP contribution is -2.38. The second kappa shape index (κ2) is 14.4. The molecule has 0 aliphatic rings. The fourth-order valence-electron chi connectivity index (χ4n) is 2.95. The Kier molecular flexibility index (Phi) is 11.5. The molecule has 3 aromatic rings. The lowest BCUT2D eigenvalue weighted by atomic mass is 10.2. The number of methoxy groups -OCH3 is 1. The van der Waals surface area contributed by atoms with Gasteiger partial charge in [-0.25, -0.2) is 4.99 Å². The quantitative estimate of drug-likeness (QED) is 0.165. The molecule has 9 heteroatoms. The SMILES string of the molecule is CCOCCCNC(=NCc1ccc(OC)cc1)NCc1nncn1-c1ccccc1.I. The van der Waals surface area contributed by atoms with Crippen LogP contribution in [0.4, 0.5) is 0 Å². The Bertz CT molecular complexity index is 931. The van der Waals surface area contributed by atoms with Crippen molar-refractivity contribution in [1.82, 2.24) is 25.4 Å². The molecule has 0 saturated heterocycles. The van der Waals surface area contributed by atoms with E-state index in [0.29, 0.717) is 13.1 Å². The predicted molar refractivity (Wildman–Crippen MR) is 137 cm³/mol. The van der Waals surface area contributed by atoms with Crippen LogP contribution in [-0.4, -0.2) is 47.6 Å². The van der Waals surface area contributed by atoms with Crippen LogP contribution >= 0.6 is 24.0 Å². The summed E-state index contributed by atoms with van der Waals surface area (Å²) in [5.41, 5.74) is 2.12. The van der Waals surface area contributed by atoms with Crippen LogP contribution in [-0.2, 0) is 17.8 Å². The molecule has 0 unspecified atom stereocenters. The zero-order valence-corrected chi connectivity index (χ0v) is 20.9. The molecule has 0 radical (unpaired) electrons. The summed E-state index contributed by atoms with van der Waals surface area (Å²) in [6.45, 7) is 5.26. The first-order valence-electron chi connectivity index (χ1n) is 10.5. The number of nitrogens with zero attached hydrogens (tertiary/aromatic N) is 4. The fourth-order valence-corrected chi connectivity index (χ4v) is 2.95. The Morgan fingerprint density at radius 1 is 1.06 bits per heavy atom. The molecule has 2 aromatic carbocycles. The number of benzene rings is 2. The third-order valence-corrected chi connectivity index (χ3v) is 4.61. The number of para-hydroxylation sites is 1. The van der Waals surface area contributed by atoms with E-state index in [-0.39, 0.29) is 24.0 Å². The van der Waals surface area contributed by atoms with Gasteiger partial charge in [0, 0.05) is 25.4 Å². The van der Waals surface area contributed by atoms with Crippen molar-refractivity contribution in [2.24, 2.45) is 4.99 Å². The predicted octanol–water partition coefficient (Wildman–Crippen LogP) is 3.56. The first kappa shape index (κ1) is 25.6. The zero-order chi connectivity index (χ0) is 21.7. The van der Waals surface area contributed by atoms with E-state index in [1.807, 2.05) is 66.1 Å². The summed E-state index contributed by atoms with van der Waals surface area (Å²) in [6, 6.07) is 17.9. The van der Waals surface area contributed by atoms with E-state index in [2.05, 4.69) is 20.8 Å². The van der Waals surface area contributed by atoms with Crippen molar-refractivity contribution in [3.63, 3.8) is 0 Å². The molecule has 2 N–H and O–H groups in total. The van der Waals surface area contributed by atoms with Gasteiger partial charge in [-0.05, 0) is 43.2 Å². The minimum Gasteiger partial charge on any atom is -0.497 e. The van der Waals surface area contributed by atoms with Gasteiger partial charge in [-0.15, -0.1) is 34.2 Å². The molecule has 3 rings (SSSR count).